The van der Waals surface area contributed by atoms with Crippen molar-refractivity contribution in [1.29, 1.82) is 0 Å². The van der Waals surface area contributed by atoms with E-state index in [2.05, 4.69) is 33.9 Å². The lowest BCUT2D eigenvalue weighted by Gasteiger charge is -2.37. The van der Waals surface area contributed by atoms with Gasteiger partial charge in [-0.2, -0.15) is 0 Å². The van der Waals surface area contributed by atoms with E-state index in [9.17, 15) is 5.11 Å². The maximum atomic E-state index is 10.8. The van der Waals surface area contributed by atoms with E-state index in [4.69, 9.17) is 14.2 Å². The molecule has 6 heteroatoms. The molecule has 0 amide bonds. The number of fused-ring (bicyclic) bond motifs is 2. The number of methoxy groups -OCH3 is 1. The first-order chi connectivity index (χ1) is 12.6. The summed E-state index contributed by atoms with van der Waals surface area (Å²) in [6.07, 6.45) is 0.946. The van der Waals surface area contributed by atoms with E-state index in [0.717, 1.165) is 40.1 Å². The van der Waals surface area contributed by atoms with Crippen molar-refractivity contribution in [3.05, 3.63) is 51.5 Å². The smallest absolute Gasteiger partial charge is 0.231 e. The van der Waals surface area contributed by atoms with Crippen molar-refractivity contribution in [2.75, 3.05) is 27.5 Å². The Bertz CT molecular complexity index is 808. The Labute approximate surface area is 161 Å². The van der Waals surface area contributed by atoms with Crippen LogP contribution in [0.25, 0.3) is 0 Å². The molecule has 5 nitrogen and oxygen atoms in total. The molecule has 0 unspecified atom stereocenters. The fraction of sp³-hybridized carbons (Fsp3) is 0.400. The molecule has 0 radical (unpaired) electrons. The van der Waals surface area contributed by atoms with Crippen molar-refractivity contribution in [3.8, 4) is 17.2 Å². The van der Waals surface area contributed by atoms with Crippen LogP contribution in [0.2, 0.25) is 0 Å². The average Bonchev–Trinajstić information content (AvgIpc) is 3.11. The predicted octanol–water partition coefficient (Wildman–Crippen LogP) is 3.84. The normalized spacial score (nSPS) is 19.9. The Balaban J connectivity index is 1.70. The molecular weight excluding hydrogens is 398 g/mol. The minimum Gasteiger partial charge on any atom is -0.492 e. The maximum Gasteiger partial charge on any atom is 0.231 e. The number of aliphatic hydroxyl groups excluding tert-OH is 1. The zero-order valence-corrected chi connectivity index (χ0v) is 16.5. The number of hydrogen-bond acceptors (Lipinski definition) is 5. The van der Waals surface area contributed by atoms with Gasteiger partial charge in [0.1, 0.15) is 0 Å². The highest BCUT2D eigenvalue weighted by Gasteiger charge is 2.35. The molecule has 2 aliphatic heterocycles. The molecule has 0 spiro atoms. The lowest BCUT2D eigenvalue weighted by Crippen LogP contribution is -2.33. The van der Waals surface area contributed by atoms with Crippen LogP contribution >= 0.6 is 15.9 Å². The van der Waals surface area contributed by atoms with Crippen molar-refractivity contribution < 1.29 is 19.3 Å². The van der Waals surface area contributed by atoms with Gasteiger partial charge in [0.25, 0.3) is 0 Å². The molecule has 0 aliphatic carbocycles. The molecule has 0 bridgehead atoms. The minimum atomic E-state index is -0.559. The molecule has 0 fully saturated rings. The van der Waals surface area contributed by atoms with Crippen molar-refractivity contribution in [2.45, 2.75) is 25.0 Å². The van der Waals surface area contributed by atoms with Gasteiger partial charge in [0, 0.05) is 22.6 Å². The molecule has 138 valence electrons. The van der Waals surface area contributed by atoms with Gasteiger partial charge in [0.15, 0.2) is 11.5 Å². The Kier molecular flexibility index (Phi) is 4.82. The second-order valence-corrected chi connectivity index (χ2v) is 7.68. The monoisotopic (exact) mass is 419 g/mol. The minimum absolute atomic E-state index is 0.0434. The van der Waals surface area contributed by atoms with Crippen LogP contribution in [-0.4, -0.2) is 37.5 Å². The molecule has 4 rings (SSSR count). The number of benzene rings is 2. The fourth-order valence-electron chi connectivity index (χ4n) is 3.86. The van der Waals surface area contributed by atoms with Gasteiger partial charge in [-0.25, -0.2) is 0 Å². The third-order valence-electron chi connectivity index (χ3n) is 5.25. The maximum absolute atomic E-state index is 10.8. The molecule has 2 aromatic carbocycles. The zero-order valence-electron chi connectivity index (χ0n) is 14.9. The van der Waals surface area contributed by atoms with E-state index in [0.29, 0.717) is 12.2 Å². The number of hydrogen-bond donors (Lipinski definition) is 1. The van der Waals surface area contributed by atoms with Crippen LogP contribution in [0.1, 0.15) is 35.3 Å². The number of likely N-dealkylation sites (N-methyl/N-ethyl adjacent to an activating group) is 1. The van der Waals surface area contributed by atoms with Crippen molar-refractivity contribution in [3.63, 3.8) is 0 Å². The van der Waals surface area contributed by atoms with E-state index in [1.807, 2.05) is 24.3 Å². The van der Waals surface area contributed by atoms with E-state index in [1.54, 1.807) is 7.11 Å². The van der Waals surface area contributed by atoms with E-state index >= 15 is 0 Å². The molecular formula is C20H22BrNO4. The summed E-state index contributed by atoms with van der Waals surface area (Å²) >= 11 is 3.44. The van der Waals surface area contributed by atoms with Gasteiger partial charge in [-0.15, -0.1) is 0 Å². The van der Waals surface area contributed by atoms with Crippen LogP contribution < -0.4 is 14.2 Å². The Hall–Kier alpha value is -1.76. The summed E-state index contributed by atoms with van der Waals surface area (Å²) in [5, 5.41) is 10.8. The first kappa shape index (κ1) is 17.6. The highest BCUT2D eigenvalue weighted by Crippen LogP contribution is 2.50. The van der Waals surface area contributed by atoms with Crippen LogP contribution in [0.3, 0.4) is 0 Å². The van der Waals surface area contributed by atoms with Gasteiger partial charge in [0.05, 0.1) is 13.2 Å². The highest BCUT2D eigenvalue weighted by molar-refractivity contribution is 9.10. The topological polar surface area (TPSA) is 51.2 Å². The first-order valence-corrected chi connectivity index (χ1v) is 9.51. The van der Waals surface area contributed by atoms with Crippen molar-refractivity contribution in [1.82, 2.24) is 4.90 Å². The second kappa shape index (κ2) is 7.10. The summed E-state index contributed by atoms with van der Waals surface area (Å²) in [6.45, 7) is 1.14. The van der Waals surface area contributed by atoms with Crippen LogP contribution in [0.15, 0.2) is 34.8 Å². The Morgan fingerprint density at radius 2 is 2.08 bits per heavy atom. The summed E-state index contributed by atoms with van der Waals surface area (Å²) in [4.78, 5) is 2.27. The molecule has 2 atom stereocenters. The fourth-order valence-corrected chi connectivity index (χ4v) is 4.12. The molecule has 0 saturated heterocycles. The lowest BCUT2D eigenvalue weighted by atomic mass is 9.87. The van der Waals surface area contributed by atoms with Gasteiger partial charge in [-0.1, -0.05) is 28.1 Å². The molecule has 0 saturated carbocycles. The van der Waals surface area contributed by atoms with Crippen LogP contribution in [0.4, 0.5) is 0 Å². The largest absolute Gasteiger partial charge is 0.492 e. The number of halogens is 1. The van der Waals surface area contributed by atoms with Crippen LogP contribution in [0, 0.1) is 0 Å². The molecule has 2 heterocycles. The first-order valence-electron chi connectivity index (χ1n) is 8.71. The van der Waals surface area contributed by atoms with Crippen molar-refractivity contribution in [2.24, 2.45) is 0 Å². The zero-order chi connectivity index (χ0) is 18.3. The summed E-state index contributed by atoms with van der Waals surface area (Å²) in [5.41, 5.74) is 3.22. The molecule has 2 aromatic rings. The van der Waals surface area contributed by atoms with Gasteiger partial charge in [0.2, 0.25) is 12.5 Å². The van der Waals surface area contributed by atoms with Crippen LogP contribution in [-0.2, 0) is 6.42 Å². The number of aliphatic hydroxyl groups is 1. The third kappa shape index (κ3) is 3.06. The third-order valence-corrected chi connectivity index (χ3v) is 5.78. The predicted molar refractivity (Wildman–Crippen MR) is 102 cm³/mol. The molecule has 1 N–H and O–H groups in total. The van der Waals surface area contributed by atoms with Gasteiger partial charge >= 0.3 is 0 Å². The number of ether oxygens (including phenoxy) is 3. The Morgan fingerprint density at radius 1 is 1.31 bits per heavy atom. The highest BCUT2D eigenvalue weighted by atomic mass is 79.9. The Morgan fingerprint density at radius 3 is 2.81 bits per heavy atom. The van der Waals surface area contributed by atoms with E-state index in [1.165, 1.54) is 5.56 Å². The summed E-state index contributed by atoms with van der Waals surface area (Å²) in [7, 11) is 3.75. The van der Waals surface area contributed by atoms with Gasteiger partial charge in [-0.3, -0.25) is 4.90 Å². The van der Waals surface area contributed by atoms with Gasteiger partial charge in [-0.05, 0) is 49.2 Å². The summed E-state index contributed by atoms with van der Waals surface area (Å²) in [6, 6.07) is 9.92. The quantitative estimate of drug-likeness (QED) is 0.815. The molecule has 26 heavy (non-hydrogen) atoms. The van der Waals surface area contributed by atoms with E-state index in [-0.39, 0.29) is 12.8 Å². The average molecular weight is 420 g/mol. The second-order valence-electron chi connectivity index (χ2n) is 6.77. The number of nitrogens with zero attached hydrogens (tertiary/aromatic N) is 1. The molecule has 0 aromatic heterocycles. The van der Waals surface area contributed by atoms with E-state index < -0.39 is 6.10 Å². The van der Waals surface area contributed by atoms with Gasteiger partial charge < -0.3 is 19.3 Å². The number of rotatable bonds is 4. The van der Waals surface area contributed by atoms with Crippen molar-refractivity contribution >= 4 is 15.9 Å². The summed E-state index contributed by atoms with van der Waals surface area (Å²) in [5.74, 6) is 2.15. The van der Waals surface area contributed by atoms with Crippen LogP contribution in [0.5, 0.6) is 17.2 Å². The lowest BCUT2D eigenvalue weighted by molar-refractivity contribution is 0.107. The molecule has 2 aliphatic rings. The summed E-state index contributed by atoms with van der Waals surface area (Å²) < 4.78 is 17.9. The standard InChI is InChI=1S/C20H22BrNO4/c1-22-8-7-13-9-17-19(26-11-25-17)20(24-2)18(13)15(22)10-16(23)12-3-5-14(21)6-4-12/h3-6,9,15-16,23H,7-8,10-11H2,1-2H3/t15-,16+/m0/s1. The SMILES string of the molecule is COc1c2c(cc3c1[C@H](C[C@@H](O)c1ccc(Br)cc1)N(C)CC3)OCO2.